The molecule has 1 aromatic heterocycles. The topological polar surface area (TPSA) is 99.0 Å². The molecule has 3 aromatic rings. The van der Waals surface area contributed by atoms with Crippen LogP contribution >= 0.6 is 11.8 Å². The molecule has 1 aliphatic heterocycles. The van der Waals surface area contributed by atoms with Crippen LogP contribution in [0.2, 0.25) is 0 Å². The summed E-state index contributed by atoms with van der Waals surface area (Å²) in [6, 6.07) is 14.1. The third kappa shape index (κ3) is 3.18. The van der Waals surface area contributed by atoms with E-state index in [0.717, 1.165) is 16.8 Å². The Balaban J connectivity index is 1.88. The number of H-pyrrole nitrogens is 1. The lowest BCUT2D eigenvalue weighted by Gasteiger charge is -2.22. The van der Waals surface area contributed by atoms with Crippen molar-refractivity contribution in [3.05, 3.63) is 82.7 Å². The van der Waals surface area contributed by atoms with Gasteiger partial charge in [0.05, 0.1) is 16.8 Å². The molecule has 1 aliphatic rings. The first kappa shape index (κ1) is 18.0. The molecule has 2 heterocycles. The van der Waals surface area contributed by atoms with Crippen molar-refractivity contribution in [2.24, 2.45) is 0 Å². The number of hydrogen-bond donors (Lipinski definition) is 3. The fraction of sp³-hybridized carbons (Fsp3) is 0.100. The van der Waals surface area contributed by atoms with Gasteiger partial charge in [-0.3, -0.25) is 9.78 Å². The van der Waals surface area contributed by atoms with Crippen molar-refractivity contribution >= 4 is 23.4 Å². The molecular weight excluding hydrogens is 376 g/mol. The lowest BCUT2D eigenvalue weighted by Crippen LogP contribution is -2.55. The molecule has 0 amide bonds. The molecule has 0 aliphatic carbocycles. The van der Waals surface area contributed by atoms with Gasteiger partial charge in [0.25, 0.3) is 6.17 Å². The third-order valence-electron chi connectivity index (χ3n) is 4.39. The summed E-state index contributed by atoms with van der Waals surface area (Å²) in [5.41, 5.74) is 2.78. The largest absolute Gasteiger partial charge is 0.478 e. The molecule has 0 spiro atoms. The molecule has 2 aromatic carbocycles. The number of nitrogens with one attached hydrogen (secondary N) is 2. The summed E-state index contributed by atoms with van der Waals surface area (Å²) < 4.78 is 1.66. The predicted molar refractivity (Wildman–Crippen MR) is 107 cm³/mol. The van der Waals surface area contributed by atoms with Crippen LogP contribution in [0.3, 0.4) is 0 Å². The second-order valence-corrected chi connectivity index (χ2v) is 7.18. The van der Waals surface area contributed by atoms with Gasteiger partial charge in [-0.05, 0) is 41.1 Å². The fourth-order valence-electron chi connectivity index (χ4n) is 3.13. The molecule has 0 saturated carbocycles. The van der Waals surface area contributed by atoms with Gasteiger partial charge >= 0.3 is 17.2 Å². The number of aromatic amines is 1. The highest BCUT2D eigenvalue weighted by Gasteiger charge is 2.37. The second kappa shape index (κ2) is 7.32. The van der Waals surface area contributed by atoms with Crippen molar-refractivity contribution in [1.82, 2.24) is 10.1 Å². The molecule has 7 nitrogen and oxygen atoms in total. The van der Waals surface area contributed by atoms with E-state index in [1.165, 1.54) is 11.8 Å². The summed E-state index contributed by atoms with van der Waals surface area (Å²) >= 11 is 1.38. The van der Waals surface area contributed by atoms with Crippen LogP contribution in [0.1, 0.15) is 22.1 Å². The Morgan fingerprint density at radius 3 is 2.71 bits per heavy atom. The number of carboxylic acids is 1. The van der Waals surface area contributed by atoms with Crippen molar-refractivity contribution in [3.8, 4) is 11.3 Å². The zero-order valence-corrected chi connectivity index (χ0v) is 15.6. The number of carbonyl (C=O) groups is 1. The predicted octanol–water partition coefficient (Wildman–Crippen LogP) is 2.67. The Bertz CT molecular complexity index is 1130. The molecule has 28 heavy (non-hydrogen) atoms. The van der Waals surface area contributed by atoms with E-state index in [1.807, 2.05) is 24.3 Å². The lowest BCUT2D eigenvalue weighted by molar-refractivity contribution is -0.759. The number of benzene rings is 2. The molecule has 0 radical (unpaired) electrons. The highest BCUT2D eigenvalue weighted by Crippen LogP contribution is 2.31. The zero-order valence-electron chi connectivity index (χ0n) is 14.8. The van der Waals surface area contributed by atoms with Crippen molar-refractivity contribution in [2.75, 3.05) is 11.1 Å². The Labute approximate surface area is 164 Å². The number of aromatic carboxylic acids is 1. The van der Waals surface area contributed by atoms with Crippen molar-refractivity contribution < 1.29 is 14.6 Å². The molecule has 0 unspecified atom stereocenters. The van der Waals surface area contributed by atoms with E-state index in [0.29, 0.717) is 16.6 Å². The number of fused-ring (bicyclic) bond motifs is 3. The molecule has 3 N–H and O–H groups in total. The molecule has 1 atom stereocenters. The first-order chi connectivity index (χ1) is 13.6. The molecule has 0 fully saturated rings. The maximum atomic E-state index is 12.9. The third-order valence-corrected chi connectivity index (χ3v) is 5.25. The highest BCUT2D eigenvalue weighted by molar-refractivity contribution is 7.99. The summed E-state index contributed by atoms with van der Waals surface area (Å²) in [4.78, 5) is 26.8. The molecule has 0 saturated heterocycles. The van der Waals surface area contributed by atoms with Gasteiger partial charge in [0.1, 0.15) is 0 Å². The van der Waals surface area contributed by atoms with Gasteiger partial charge in [0.2, 0.25) is 5.16 Å². The SMILES string of the molecule is C=CCSc1n[n+]2c(c(=O)[nH]1)-c1ccccc1N[C@@H]2c1ccc(C(=O)O)cc1. The molecule has 0 bridgehead atoms. The number of thioether (sulfide) groups is 1. The number of carboxylic acid groups (broad SMARTS) is 1. The van der Waals surface area contributed by atoms with Crippen LogP contribution in [-0.2, 0) is 0 Å². The smallest absolute Gasteiger partial charge is 0.335 e. The average Bonchev–Trinajstić information content (AvgIpc) is 2.71. The highest BCUT2D eigenvalue weighted by atomic mass is 32.2. The second-order valence-electron chi connectivity index (χ2n) is 6.17. The summed E-state index contributed by atoms with van der Waals surface area (Å²) in [6.07, 6.45) is 1.29. The van der Waals surface area contributed by atoms with Crippen LogP contribution in [0.25, 0.3) is 11.3 Å². The van der Waals surface area contributed by atoms with Gasteiger partial charge in [-0.2, -0.15) is 0 Å². The average molecular weight is 393 g/mol. The van der Waals surface area contributed by atoms with Crippen molar-refractivity contribution in [1.29, 1.82) is 0 Å². The van der Waals surface area contributed by atoms with Crippen LogP contribution in [0.15, 0.2) is 71.1 Å². The van der Waals surface area contributed by atoms with E-state index in [2.05, 4.69) is 22.0 Å². The number of aromatic nitrogens is 3. The summed E-state index contributed by atoms with van der Waals surface area (Å²) in [6.45, 7) is 3.69. The van der Waals surface area contributed by atoms with Crippen LogP contribution in [-0.4, -0.2) is 26.9 Å². The number of rotatable bonds is 5. The Hall–Kier alpha value is -3.39. The standard InChI is InChI=1S/C20H16N4O3S/c1-2-11-28-20-22-18(25)16-14-5-3-4-6-15(14)21-17(24(16)23-20)12-7-9-13(10-8-12)19(26)27/h2-10,17H,1,11H2,(H2,22,23,25,26,27)/p+1/t17-/m0/s1. The van der Waals surface area contributed by atoms with E-state index >= 15 is 0 Å². The Morgan fingerprint density at radius 1 is 1.25 bits per heavy atom. The van der Waals surface area contributed by atoms with Gasteiger partial charge in [-0.25, -0.2) is 4.79 Å². The van der Waals surface area contributed by atoms with Gasteiger partial charge < -0.3 is 10.4 Å². The first-order valence-electron chi connectivity index (χ1n) is 8.57. The molecule has 140 valence electrons. The summed E-state index contributed by atoms with van der Waals surface area (Å²) in [5.74, 6) is -0.371. The van der Waals surface area contributed by atoms with E-state index in [1.54, 1.807) is 35.0 Å². The van der Waals surface area contributed by atoms with Gasteiger partial charge in [-0.1, -0.05) is 30.0 Å². The number of para-hydroxylation sites is 1. The number of hydrogen-bond acceptors (Lipinski definition) is 5. The van der Waals surface area contributed by atoms with E-state index in [9.17, 15) is 9.59 Å². The maximum Gasteiger partial charge on any atom is 0.335 e. The molecule has 8 heteroatoms. The maximum absolute atomic E-state index is 12.9. The van der Waals surface area contributed by atoms with Crippen LogP contribution < -0.4 is 15.6 Å². The Kier molecular flexibility index (Phi) is 4.70. The van der Waals surface area contributed by atoms with E-state index in [-0.39, 0.29) is 11.1 Å². The Morgan fingerprint density at radius 2 is 2.00 bits per heavy atom. The van der Waals surface area contributed by atoms with Crippen LogP contribution in [0.5, 0.6) is 0 Å². The molecular formula is C20H17N4O3S+. The van der Waals surface area contributed by atoms with Crippen molar-refractivity contribution in [2.45, 2.75) is 11.3 Å². The van der Waals surface area contributed by atoms with Crippen molar-refractivity contribution in [3.63, 3.8) is 0 Å². The van der Waals surface area contributed by atoms with Gasteiger partial charge in [0.15, 0.2) is 0 Å². The first-order valence-corrected chi connectivity index (χ1v) is 9.56. The number of nitrogens with zero attached hydrogens (tertiary/aromatic N) is 2. The van der Waals surface area contributed by atoms with Crippen LogP contribution in [0, 0.1) is 0 Å². The molecule has 4 rings (SSSR count). The van der Waals surface area contributed by atoms with Gasteiger partial charge in [0, 0.05) is 16.4 Å². The monoisotopic (exact) mass is 393 g/mol. The normalized spacial score (nSPS) is 14.5. The summed E-state index contributed by atoms with van der Waals surface area (Å²) in [5, 5.41) is 17.7. The van der Waals surface area contributed by atoms with E-state index in [4.69, 9.17) is 5.11 Å². The minimum absolute atomic E-state index is 0.200. The fourth-order valence-corrected chi connectivity index (χ4v) is 3.71. The quantitative estimate of drug-likeness (QED) is 0.350. The summed E-state index contributed by atoms with van der Waals surface area (Å²) in [7, 11) is 0. The minimum Gasteiger partial charge on any atom is -0.478 e. The zero-order chi connectivity index (χ0) is 19.7. The van der Waals surface area contributed by atoms with Gasteiger partial charge in [-0.15, -0.1) is 6.58 Å². The number of anilines is 1. The minimum atomic E-state index is -0.987. The van der Waals surface area contributed by atoms with E-state index < -0.39 is 12.1 Å². The lowest BCUT2D eigenvalue weighted by atomic mass is 10.0. The van der Waals surface area contributed by atoms with Crippen LogP contribution in [0.4, 0.5) is 5.69 Å².